The number of rotatable bonds is 6. The van der Waals surface area contributed by atoms with Gasteiger partial charge in [-0.1, -0.05) is 39.0 Å². The maximum absolute atomic E-state index is 9.83. The molecule has 0 aromatic heterocycles. The van der Waals surface area contributed by atoms with Crippen LogP contribution in [-0.4, -0.2) is 11.2 Å². The molecule has 0 bridgehead atoms. The summed E-state index contributed by atoms with van der Waals surface area (Å²) < 4.78 is 0. The zero-order valence-electron chi connectivity index (χ0n) is 16.4. The van der Waals surface area contributed by atoms with Crippen LogP contribution >= 0.6 is 0 Å². The number of aliphatic hydroxyl groups is 1. The fourth-order valence-corrected chi connectivity index (χ4v) is 6.49. The third-order valence-electron chi connectivity index (χ3n) is 8.14. The summed E-state index contributed by atoms with van der Waals surface area (Å²) in [5.74, 6) is 5.82. The van der Waals surface area contributed by atoms with Crippen molar-refractivity contribution in [1.29, 1.82) is 0 Å². The van der Waals surface area contributed by atoms with Crippen LogP contribution in [0.4, 0.5) is 0 Å². The van der Waals surface area contributed by atoms with E-state index >= 15 is 0 Å². The Bertz CT molecular complexity index is 355. The Kier molecular flexibility index (Phi) is 7.07. The fourth-order valence-electron chi connectivity index (χ4n) is 6.49. The molecule has 3 saturated carbocycles. The summed E-state index contributed by atoms with van der Waals surface area (Å²) in [7, 11) is 0. The fraction of sp³-hybridized carbons (Fsp3) is 1.00. The monoisotopic (exact) mass is 334 g/mol. The minimum absolute atomic E-state index is 0.0790. The molecule has 0 amide bonds. The van der Waals surface area contributed by atoms with Gasteiger partial charge in [0.05, 0.1) is 6.10 Å². The van der Waals surface area contributed by atoms with Crippen molar-refractivity contribution in [3.63, 3.8) is 0 Å². The molecule has 1 unspecified atom stereocenters. The second kappa shape index (κ2) is 9.06. The molecule has 0 spiro atoms. The lowest BCUT2D eigenvalue weighted by Crippen LogP contribution is -2.35. The highest BCUT2D eigenvalue weighted by atomic mass is 16.3. The van der Waals surface area contributed by atoms with Gasteiger partial charge in [0.15, 0.2) is 0 Å². The Morgan fingerprint density at radius 1 is 0.750 bits per heavy atom. The zero-order chi connectivity index (χ0) is 16.9. The maximum atomic E-state index is 9.83. The number of unbranched alkanes of at least 4 members (excludes halogenated alkanes) is 2. The molecule has 0 heterocycles. The highest BCUT2D eigenvalue weighted by Crippen LogP contribution is 2.49. The Balaban J connectivity index is 1.42. The zero-order valence-corrected chi connectivity index (χ0v) is 16.4. The average Bonchev–Trinajstić information content (AvgIpc) is 2.61. The van der Waals surface area contributed by atoms with Crippen LogP contribution in [0.3, 0.4) is 0 Å². The molecule has 3 aliphatic carbocycles. The van der Waals surface area contributed by atoms with E-state index < -0.39 is 0 Å². The topological polar surface area (TPSA) is 20.2 Å². The highest BCUT2D eigenvalue weighted by Gasteiger charge is 2.38. The van der Waals surface area contributed by atoms with E-state index in [0.717, 1.165) is 29.6 Å². The minimum atomic E-state index is -0.0790. The minimum Gasteiger partial charge on any atom is -0.393 e. The van der Waals surface area contributed by atoms with E-state index in [9.17, 15) is 5.11 Å². The summed E-state index contributed by atoms with van der Waals surface area (Å²) in [5.41, 5.74) is 0. The van der Waals surface area contributed by atoms with Crippen molar-refractivity contribution in [3.05, 3.63) is 0 Å². The second-order valence-corrected chi connectivity index (χ2v) is 9.68. The van der Waals surface area contributed by atoms with Gasteiger partial charge in [-0.3, -0.25) is 0 Å². The van der Waals surface area contributed by atoms with Gasteiger partial charge in [0.25, 0.3) is 0 Å². The van der Waals surface area contributed by atoms with E-state index in [1.54, 1.807) is 19.3 Å². The summed E-state index contributed by atoms with van der Waals surface area (Å²) in [4.78, 5) is 0. The first-order valence-corrected chi connectivity index (χ1v) is 11.3. The predicted molar refractivity (Wildman–Crippen MR) is 103 cm³/mol. The van der Waals surface area contributed by atoms with Gasteiger partial charge in [0.1, 0.15) is 0 Å². The number of hydrogen-bond donors (Lipinski definition) is 1. The van der Waals surface area contributed by atoms with Gasteiger partial charge in [0, 0.05) is 0 Å². The second-order valence-electron chi connectivity index (χ2n) is 9.68. The lowest BCUT2D eigenvalue weighted by atomic mass is 9.60. The third-order valence-corrected chi connectivity index (χ3v) is 8.14. The van der Waals surface area contributed by atoms with Crippen molar-refractivity contribution in [3.8, 4) is 0 Å². The Labute approximate surface area is 151 Å². The summed E-state index contributed by atoms with van der Waals surface area (Å²) in [5, 5.41) is 9.83. The van der Waals surface area contributed by atoms with E-state index in [1.165, 1.54) is 70.6 Å². The van der Waals surface area contributed by atoms with Crippen LogP contribution in [0.2, 0.25) is 0 Å². The lowest BCUT2D eigenvalue weighted by molar-refractivity contribution is 0.0394. The molecular formula is C23H42O. The van der Waals surface area contributed by atoms with E-state index in [4.69, 9.17) is 0 Å². The van der Waals surface area contributed by atoms with Crippen LogP contribution in [0.15, 0.2) is 0 Å². The van der Waals surface area contributed by atoms with Gasteiger partial charge in [-0.2, -0.15) is 0 Å². The van der Waals surface area contributed by atoms with Crippen molar-refractivity contribution in [2.75, 3.05) is 0 Å². The summed E-state index contributed by atoms with van der Waals surface area (Å²) in [6, 6.07) is 0. The van der Waals surface area contributed by atoms with Crippen LogP contribution in [0.25, 0.3) is 0 Å². The maximum Gasteiger partial charge on any atom is 0.0540 e. The van der Waals surface area contributed by atoms with Gasteiger partial charge >= 0.3 is 0 Å². The smallest absolute Gasteiger partial charge is 0.0540 e. The number of fused-ring (bicyclic) bond motifs is 1. The van der Waals surface area contributed by atoms with Crippen LogP contribution in [0.1, 0.15) is 104 Å². The average molecular weight is 335 g/mol. The number of hydrogen-bond acceptors (Lipinski definition) is 1. The van der Waals surface area contributed by atoms with Crippen molar-refractivity contribution in [2.24, 2.45) is 35.5 Å². The molecule has 3 fully saturated rings. The SMILES string of the molecule is CCCCC[C@H]1CC[C@@H]2C[C@H](C3CCC(C(C)O)CC3)CC[C@@H]2C1. The molecule has 24 heavy (non-hydrogen) atoms. The first kappa shape index (κ1) is 18.7. The largest absolute Gasteiger partial charge is 0.393 e. The molecule has 3 aliphatic rings. The van der Waals surface area contributed by atoms with Crippen LogP contribution in [0.5, 0.6) is 0 Å². The molecule has 1 N–H and O–H groups in total. The predicted octanol–water partition coefficient (Wildman–Crippen LogP) is 6.59. The molecule has 0 aliphatic heterocycles. The van der Waals surface area contributed by atoms with Gasteiger partial charge in [-0.05, 0) is 100 Å². The normalized spacial score (nSPS) is 41.6. The number of aliphatic hydroxyl groups excluding tert-OH is 1. The van der Waals surface area contributed by atoms with Crippen LogP contribution in [-0.2, 0) is 0 Å². The van der Waals surface area contributed by atoms with E-state index in [-0.39, 0.29) is 6.10 Å². The standard InChI is InChI=1S/C23H42O/c1-3-4-5-6-18-7-8-23-16-22(14-13-21(23)15-18)20-11-9-19(10-12-20)17(2)24/h17-24H,3-16H2,1-2H3/t17?,18-,19?,20?,21+,22+,23+/m0/s1. The van der Waals surface area contributed by atoms with Crippen molar-refractivity contribution in [1.82, 2.24) is 0 Å². The summed E-state index contributed by atoms with van der Waals surface area (Å²) in [6.07, 6.45) is 20.4. The first-order valence-electron chi connectivity index (χ1n) is 11.3. The van der Waals surface area contributed by atoms with Crippen molar-refractivity contribution >= 4 is 0 Å². The molecule has 5 atom stereocenters. The quantitative estimate of drug-likeness (QED) is 0.543. The lowest BCUT2D eigenvalue weighted by Gasteiger charge is -2.45. The van der Waals surface area contributed by atoms with Crippen molar-refractivity contribution < 1.29 is 5.11 Å². The Hall–Kier alpha value is -0.0400. The Morgan fingerprint density at radius 3 is 2.00 bits per heavy atom. The van der Waals surface area contributed by atoms with E-state index in [0.29, 0.717) is 5.92 Å². The molecule has 1 heteroatoms. The van der Waals surface area contributed by atoms with E-state index in [1.807, 2.05) is 6.92 Å². The van der Waals surface area contributed by atoms with Gasteiger partial charge in [-0.15, -0.1) is 0 Å². The summed E-state index contributed by atoms with van der Waals surface area (Å²) >= 11 is 0. The molecular weight excluding hydrogens is 292 g/mol. The van der Waals surface area contributed by atoms with Gasteiger partial charge < -0.3 is 5.11 Å². The molecule has 0 saturated heterocycles. The van der Waals surface area contributed by atoms with Crippen molar-refractivity contribution in [2.45, 2.75) is 110 Å². The first-order chi connectivity index (χ1) is 11.7. The van der Waals surface area contributed by atoms with Gasteiger partial charge in [0.2, 0.25) is 0 Å². The molecule has 0 aromatic rings. The van der Waals surface area contributed by atoms with Gasteiger partial charge in [-0.25, -0.2) is 0 Å². The Morgan fingerprint density at radius 2 is 1.33 bits per heavy atom. The molecule has 0 aromatic carbocycles. The molecule has 3 rings (SSSR count). The summed E-state index contributed by atoms with van der Waals surface area (Å²) in [6.45, 7) is 4.32. The van der Waals surface area contributed by atoms with Crippen LogP contribution < -0.4 is 0 Å². The van der Waals surface area contributed by atoms with Crippen LogP contribution in [0, 0.1) is 35.5 Å². The third kappa shape index (κ3) is 4.77. The highest BCUT2D eigenvalue weighted by molar-refractivity contribution is 4.89. The van der Waals surface area contributed by atoms with E-state index in [2.05, 4.69) is 6.92 Å². The molecule has 0 radical (unpaired) electrons. The molecule has 140 valence electrons. The molecule has 1 nitrogen and oxygen atoms in total.